The van der Waals surface area contributed by atoms with E-state index in [-0.39, 0.29) is 43.1 Å². The molecule has 162 valence electrons. The third kappa shape index (κ3) is 5.59. The van der Waals surface area contributed by atoms with Crippen LogP contribution >= 0.6 is 23.2 Å². The van der Waals surface area contributed by atoms with E-state index in [0.29, 0.717) is 10.6 Å². The second kappa shape index (κ2) is 9.45. The van der Waals surface area contributed by atoms with Crippen LogP contribution in [0.25, 0.3) is 0 Å². The maximum atomic E-state index is 13.6. The van der Waals surface area contributed by atoms with Crippen molar-refractivity contribution in [3.8, 4) is 0 Å². The zero-order valence-corrected chi connectivity index (χ0v) is 17.1. The molecule has 0 radical (unpaired) electrons. The number of halogens is 6. The Bertz CT molecular complexity index is 889. The number of alkyl halides is 4. The second-order valence-corrected chi connectivity index (χ2v) is 7.76. The van der Waals surface area contributed by atoms with Gasteiger partial charge in [-0.3, -0.25) is 9.69 Å². The van der Waals surface area contributed by atoms with Crippen LogP contribution in [0.5, 0.6) is 0 Å². The Morgan fingerprint density at radius 2 is 1.80 bits per heavy atom. The van der Waals surface area contributed by atoms with Gasteiger partial charge >= 0.3 is 0 Å². The van der Waals surface area contributed by atoms with Gasteiger partial charge in [-0.05, 0) is 18.2 Å². The van der Waals surface area contributed by atoms with Crippen molar-refractivity contribution in [2.45, 2.75) is 31.2 Å². The SMILES string of the molecule is O=C(NCC(c1cnc(C(F)F)nc1)N1CCC(F)(F)CC1)c1ccc(Cl)cc1Cl. The number of likely N-dealkylation sites (tertiary alicyclic amines) is 1. The molecule has 11 heteroatoms. The fourth-order valence-electron chi connectivity index (χ4n) is 3.21. The molecule has 0 bridgehead atoms. The Morgan fingerprint density at radius 3 is 2.37 bits per heavy atom. The molecular weight excluding hydrogens is 447 g/mol. The summed E-state index contributed by atoms with van der Waals surface area (Å²) in [5.74, 6) is -3.86. The van der Waals surface area contributed by atoms with Crippen LogP contribution in [0, 0.1) is 0 Å². The third-order valence-corrected chi connectivity index (χ3v) is 5.42. The predicted octanol–water partition coefficient (Wildman–Crippen LogP) is 4.92. The lowest BCUT2D eigenvalue weighted by atomic mass is 10.0. The van der Waals surface area contributed by atoms with Gasteiger partial charge in [-0.2, -0.15) is 0 Å². The summed E-state index contributed by atoms with van der Waals surface area (Å²) in [5, 5.41) is 3.25. The summed E-state index contributed by atoms with van der Waals surface area (Å²) < 4.78 is 52.6. The van der Waals surface area contributed by atoms with Gasteiger partial charge in [0.05, 0.1) is 16.6 Å². The predicted molar refractivity (Wildman–Crippen MR) is 104 cm³/mol. The lowest BCUT2D eigenvalue weighted by Crippen LogP contribution is -2.45. The number of hydrogen-bond acceptors (Lipinski definition) is 4. The standard InChI is InChI=1S/C19H18Cl2F4N4O/c20-12-1-2-13(14(21)7-12)18(30)28-10-15(29-5-3-19(24,25)4-6-29)11-8-26-17(16(22)23)27-9-11/h1-2,7-9,15-16H,3-6,10H2,(H,28,30). The monoisotopic (exact) mass is 464 g/mol. The minimum absolute atomic E-state index is 0.0285. The number of rotatable bonds is 6. The molecule has 1 aromatic carbocycles. The molecule has 1 atom stereocenters. The first-order valence-electron chi connectivity index (χ1n) is 9.11. The zero-order valence-electron chi connectivity index (χ0n) is 15.6. The van der Waals surface area contributed by atoms with E-state index >= 15 is 0 Å². The van der Waals surface area contributed by atoms with Gasteiger partial charge in [0.2, 0.25) is 0 Å². The van der Waals surface area contributed by atoms with Crippen molar-refractivity contribution in [1.29, 1.82) is 0 Å². The number of benzene rings is 1. The first kappa shape index (κ1) is 22.7. The van der Waals surface area contributed by atoms with Gasteiger partial charge in [0.15, 0.2) is 5.82 Å². The molecule has 0 saturated carbocycles. The summed E-state index contributed by atoms with van der Waals surface area (Å²) >= 11 is 11.9. The number of piperidine rings is 1. The highest BCUT2D eigenvalue weighted by Crippen LogP contribution is 2.32. The number of carbonyl (C=O) groups is 1. The van der Waals surface area contributed by atoms with Crippen molar-refractivity contribution >= 4 is 29.1 Å². The van der Waals surface area contributed by atoms with Crippen LogP contribution in [-0.2, 0) is 0 Å². The van der Waals surface area contributed by atoms with E-state index < -0.39 is 30.1 Å². The average Bonchev–Trinajstić information content (AvgIpc) is 2.69. The number of hydrogen-bond donors (Lipinski definition) is 1. The molecule has 1 aliphatic rings. The fraction of sp³-hybridized carbons (Fsp3) is 0.421. The van der Waals surface area contributed by atoms with E-state index in [9.17, 15) is 22.4 Å². The molecule has 0 spiro atoms. The van der Waals surface area contributed by atoms with Gasteiger partial charge in [0.25, 0.3) is 18.3 Å². The largest absolute Gasteiger partial charge is 0.350 e. The summed E-state index contributed by atoms with van der Waals surface area (Å²) in [6, 6.07) is 3.85. The van der Waals surface area contributed by atoms with Gasteiger partial charge in [0.1, 0.15) is 0 Å². The molecule has 1 amide bonds. The van der Waals surface area contributed by atoms with E-state index in [1.165, 1.54) is 30.6 Å². The van der Waals surface area contributed by atoms with Gasteiger partial charge in [0, 0.05) is 55.5 Å². The summed E-state index contributed by atoms with van der Waals surface area (Å²) in [5.41, 5.74) is 0.640. The third-order valence-electron chi connectivity index (χ3n) is 4.87. The molecule has 30 heavy (non-hydrogen) atoms. The van der Waals surface area contributed by atoms with Gasteiger partial charge in [-0.1, -0.05) is 23.2 Å². The van der Waals surface area contributed by atoms with E-state index in [4.69, 9.17) is 23.2 Å². The van der Waals surface area contributed by atoms with Crippen molar-refractivity contribution in [3.63, 3.8) is 0 Å². The van der Waals surface area contributed by atoms with Crippen LogP contribution in [0.15, 0.2) is 30.6 Å². The Labute approximate surface area is 180 Å². The Morgan fingerprint density at radius 1 is 1.17 bits per heavy atom. The highest BCUT2D eigenvalue weighted by molar-refractivity contribution is 6.36. The van der Waals surface area contributed by atoms with E-state index in [1.807, 2.05) is 0 Å². The molecule has 3 rings (SSSR count). The Hall–Kier alpha value is -1.97. The number of carbonyl (C=O) groups excluding carboxylic acids is 1. The van der Waals surface area contributed by atoms with E-state index in [2.05, 4.69) is 15.3 Å². The number of amides is 1. The molecule has 1 fully saturated rings. The van der Waals surface area contributed by atoms with Gasteiger partial charge < -0.3 is 5.32 Å². The molecule has 1 saturated heterocycles. The minimum atomic E-state index is -2.82. The molecular formula is C19H18Cl2F4N4O. The van der Waals surface area contributed by atoms with Crippen LogP contribution in [-0.4, -0.2) is 46.3 Å². The lowest BCUT2D eigenvalue weighted by Gasteiger charge is -2.37. The fourth-order valence-corrected chi connectivity index (χ4v) is 3.71. The molecule has 2 heterocycles. The second-order valence-electron chi connectivity index (χ2n) is 6.92. The minimum Gasteiger partial charge on any atom is -0.350 e. The number of aromatic nitrogens is 2. The molecule has 1 aromatic heterocycles. The summed E-state index contributed by atoms with van der Waals surface area (Å²) in [4.78, 5) is 21.6. The maximum absolute atomic E-state index is 13.6. The zero-order chi connectivity index (χ0) is 21.9. The normalized spacial score (nSPS) is 17.7. The quantitative estimate of drug-likeness (QED) is 0.616. The van der Waals surface area contributed by atoms with Crippen molar-refractivity contribution in [3.05, 3.63) is 57.6 Å². The van der Waals surface area contributed by atoms with Crippen molar-refractivity contribution < 1.29 is 22.4 Å². The molecule has 1 N–H and O–H groups in total. The van der Waals surface area contributed by atoms with Crippen LogP contribution in [0.1, 0.15) is 47.1 Å². The average molecular weight is 465 g/mol. The number of nitrogens with zero attached hydrogens (tertiary/aromatic N) is 3. The Kier molecular flexibility index (Phi) is 7.15. The summed E-state index contributed by atoms with van der Waals surface area (Å²) in [6.07, 6.45) is -1.04. The molecule has 1 aliphatic heterocycles. The highest BCUT2D eigenvalue weighted by Gasteiger charge is 2.37. The molecule has 2 aromatic rings. The lowest BCUT2D eigenvalue weighted by molar-refractivity contribution is -0.0632. The van der Waals surface area contributed by atoms with E-state index in [0.717, 1.165) is 0 Å². The first-order chi connectivity index (χ1) is 14.2. The summed E-state index contributed by atoms with van der Waals surface area (Å²) in [7, 11) is 0. The molecule has 5 nitrogen and oxygen atoms in total. The van der Waals surface area contributed by atoms with Crippen LogP contribution in [0.2, 0.25) is 10.0 Å². The van der Waals surface area contributed by atoms with Crippen molar-refractivity contribution in [2.24, 2.45) is 0 Å². The first-order valence-corrected chi connectivity index (χ1v) is 9.87. The van der Waals surface area contributed by atoms with Crippen LogP contribution in [0.4, 0.5) is 17.6 Å². The van der Waals surface area contributed by atoms with Gasteiger partial charge in [-0.15, -0.1) is 0 Å². The summed E-state index contributed by atoms with van der Waals surface area (Å²) in [6.45, 7) is 0.179. The van der Waals surface area contributed by atoms with Crippen LogP contribution < -0.4 is 5.32 Å². The van der Waals surface area contributed by atoms with Crippen molar-refractivity contribution in [1.82, 2.24) is 20.2 Å². The number of nitrogens with one attached hydrogen (secondary N) is 1. The topological polar surface area (TPSA) is 58.1 Å². The highest BCUT2D eigenvalue weighted by atomic mass is 35.5. The van der Waals surface area contributed by atoms with Gasteiger partial charge in [-0.25, -0.2) is 27.5 Å². The van der Waals surface area contributed by atoms with Crippen LogP contribution in [0.3, 0.4) is 0 Å². The molecule has 0 aliphatic carbocycles. The van der Waals surface area contributed by atoms with Crippen molar-refractivity contribution in [2.75, 3.05) is 19.6 Å². The molecule has 1 unspecified atom stereocenters. The smallest absolute Gasteiger partial charge is 0.297 e. The Balaban J connectivity index is 1.77. The maximum Gasteiger partial charge on any atom is 0.297 e. The van der Waals surface area contributed by atoms with E-state index in [1.54, 1.807) is 4.90 Å².